The van der Waals surface area contributed by atoms with E-state index in [-0.39, 0.29) is 25.4 Å². The van der Waals surface area contributed by atoms with Crippen LogP contribution < -0.4 is 11.1 Å². The first-order valence-corrected chi connectivity index (χ1v) is 4.17. The molecule has 0 aromatic heterocycles. The lowest BCUT2D eigenvalue weighted by Gasteiger charge is -2.21. The van der Waals surface area contributed by atoms with Crippen molar-refractivity contribution in [1.29, 1.82) is 0 Å². The van der Waals surface area contributed by atoms with Crippen molar-refractivity contribution < 1.29 is 19.4 Å². The van der Waals surface area contributed by atoms with Gasteiger partial charge in [0.1, 0.15) is 0 Å². The number of hydrogen-bond donors (Lipinski definition) is 3. The van der Waals surface area contributed by atoms with Crippen LogP contribution in [0.1, 0.15) is 13.3 Å². The van der Waals surface area contributed by atoms with Crippen LogP contribution in [0, 0.1) is 0 Å². The van der Waals surface area contributed by atoms with Crippen LogP contribution in [0.4, 0.5) is 0 Å². The first kappa shape index (κ1) is 12.9. The van der Waals surface area contributed by atoms with Crippen LogP contribution in [0.25, 0.3) is 0 Å². The number of nitrogens with two attached hydrogens (primary N) is 1. The van der Waals surface area contributed by atoms with Crippen LogP contribution in [0.3, 0.4) is 0 Å². The van der Waals surface area contributed by atoms with Crippen LogP contribution >= 0.6 is 0 Å². The van der Waals surface area contributed by atoms with Gasteiger partial charge in [-0.15, -0.1) is 0 Å². The molecule has 1 unspecified atom stereocenters. The molecule has 82 valence electrons. The Kier molecular flexibility index (Phi) is 5.11. The van der Waals surface area contributed by atoms with E-state index < -0.39 is 11.6 Å². The number of methoxy groups -OCH3 is 1. The van der Waals surface area contributed by atoms with Crippen molar-refractivity contribution in [3.8, 4) is 0 Å². The van der Waals surface area contributed by atoms with Crippen molar-refractivity contribution in [2.45, 2.75) is 18.9 Å². The lowest BCUT2D eigenvalue weighted by Crippen LogP contribution is -2.44. The number of nitrogens with one attached hydrogen (secondary N) is 1. The van der Waals surface area contributed by atoms with Gasteiger partial charge in [-0.25, -0.2) is 0 Å². The molecule has 0 rings (SSSR count). The Hall–Kier alpha value is -1.14. The maximum atomic E-state index is 10.8. The second-order valence-corrected chi connectivity index (χ2v) is 3.23. The number of hydrogen-bond acceptors (Lipinski definition) is 5. The Balaban J connectivity index is 3.94. The minimum Gasteiger partial charge on any atom is -0.469 e. The zero-order valence-corrected chi connectivity index (χ0v) is 8.37. The third kappa shape index (κ3) is 5.50. The van der Waals surface area contributed by atoms with Gasteiger partial charge < -0.3 is 20.9 Å². The zero-order valence-electron chi connectivity index (χ0n) is 8.37. The monoisotopic (exact) mass is 204 g/mol. The molecule has 0 aliphatic rings. The van der Waals surface area contributed by atoms with Crippen molar-refractivity contribution >= 4 is 11.9 Å². The third-order valence-corrected chi connectivity index (χ3v) is 1.60. The summed E-state index contributed by atoms with van der Waals surface area (Å²) in [5.41, 5.74) is 3.74. The van der Waals surface area contributed by atoms with Gasteiger partial charge in [0.05, 0.1) is 25.7 Å². The number of ether oxygens (including phenoxy) is 1. The molecule has 6 nitrogen and oxygen atoms in total. The first-order chi connectivity index (χ1) is 6.41. The molecule has 14 heavy (non-hydrogen) atoms. The highest BCUT2D eigenvalue weighted by Crippen LogP contribution is 2.08. The minimum absolute atomic E-state index is 0.0296. The van der Waals surface area contributed by atoms with Gasteiger partial charge in [0.2, 0.25) is 5.91 Å². The van der Waals surface area contributed by atoms with Crippen molar-refractivity contribution in [2.24, 2.45) is 5.73 Å². The summed E-state index contributed by atoms with van der Waals surface area (Å²) in [7, 11) is 1.23. The molecule has 1 amide bonds. The molecule has 0 aromatic carbocycles. The zero-order chi connectivity index (χ0) is 11.2. The van der Waals surface area contributed by atoms with E-state index in [0.717, 1.165) is 0 Å². The van der Waals surface area contributed by atoms with Gasteiger partial charge in [0.15, 0.2) is 0 Å². The van der Waals surface area contributed by atoms with Gasteiger partial charge in [-0.3, -0.25) is 9.59 Å². The highest BCUT2D eigenvalue weighted by Gasteiger charge is 2.25. The molecule has 0 aromatic rings. The lowest BCUT2D eigenvalue weighted by molar-refractivity contribution is -0.145. The number of rotatable bonds is 5. The summed E-state index contributed by atoms with van der Waals surface area (Å²) in [6.07, 6.45) is -0.172. The van der Waals surface area contributed by atoms with Crippen molar-refractivity contribution in [3.63, 3.8) is 0 Å². The molecule has 0 heterocycles. The van der Waals surface area contributed by atoms with Gasteiger partial charge in [0, 0.05) is 6.54 Å². The molecule has 4 N–H and O–H groups in total. The third-order valence-electron chi connectivity index (χ3n) is 1.60. The fourth-order valence-electron chi connectivity index (χ4n) is 0.807. The summed E-state index contributed by atoms with van der Waals surface area (Å²) < 4.78 is 4.38. The molecule has 1 atom stereocenters. The molecule has 0 radical (unpaired) electrons. The summed E-state index contributed by atoms with van der Waals surface area (Å²) >= 11 is 0. The molecule has 0 aliphatic heterocycles. The molecular formula is C8H16N2O4. The second-order valence-electron chi connectivity index (χ2n) is 3.23. The predicted molar refractivity (Wildman–Crippen MR) is 49.3 cm³/mol. The fraction of sp³-hybridized carbons (Fsp3) is 0.750. The summed E-state index contributed by atoms with van der Waals surface area (Å²) in [4.78, 5) is 21.6. The van der Waals surface area contributed by atoms with Crippen LogP contribution in [0.2, 0.25) is 0 Å². The van der Waals surface area contributed by atoms with Crippen LogP contribution in [-0.2, 0) is 14.3 Å². The normalized spacial score (nSPS) is 14.3. The fourth-order valence-corrected chi connectivity index (χ4v) is 0.807. The van der Waals surface area contributed by atoms with Crippen molar-refractivity contribution in [1.82, 2.24) is 5.32 Å². The Morgan fingerprint density at radius 2 is 2.14 bits per heavy atom. The van der Waals surface area contributed by atoms with Gasteiger partial charge in [-0.05, 0) is 6.92 Å². The maximum absolute atomic E-state index is 10.8. The predicted octanol–water partition coefficient (Wildman–Crippen LogP) is -1.62. The Morgan fingerprint density at radius 3 is 2.57 bits per heavy atom. The molecule has 0 spiro atoms. The number of carbonyl (C=O) groups excluding carboxylic acids is 2. The Labute approximate surface area is 82.4 Å². The quantitative estimate of drug-likeness (QED) is 0.467. The SMILES string of the molecule is COC(=O)CC(C)(O)CNC(=O)CN. The summed E-state index contributed by atoms with van der Waals surface area (Å²) in [6, 6.07) is 0. The molecule has 0 bridgehead atoms. The number of carbonyl (C=O) groups is 2. The van der Waals surface area contributed by atoms with E-state index in [1.807, 2.05) is 0 Å². The highest BCUT2D eigenvalue weighted by molar-refractivity contribution is 5.78. The van der Waals surface area contributed by atoms with E-state index in [2.05, 4.69) is 10.1 Å². The van der Waals surface area contributed by atoms with E-state index in [1.54, 1.807) is 0 Å². The second kappa shape index (κ2) is 5.56. The average Bonchev–Trinajstić information content (AvgIpc) is 2.13. The van der Waals surface area contributed by atoms with Crippen molar-refractivity contribution in [2.75, 3.05) is 20.2 Å². The molecular weight excluding hydrogens is 188 g/mol. The molecule has 0 aliphatic carbocycles. The van der Waals surface area contributed by atoms with Crippen LogP contribution in [-0.4, -0.2) is 42.8 Å². The molecule has 0 saturated heterocycles. The highest BCUT2D eigenvalue weighted by atomic mass is 16.5. The number of amides is 1. The number of esters is 1. The van der Waals surface area contributed by atoms with Crippen LogP contribution in [0.5, 0.6) is 0 Å². The van der Waals surface area contributed by atoms with Crippen LogP contribution in [0.15, 0.2) is 0 Å². The van der Waals surface area contributed by atoms with Gasteiger partial charge in [-0.2, -0.15) is 0 Å². The average molecular weight is 204 g/mol. The largest absolute Gasteiger partial charge is 0.469 e. The van der Waals surface area contributed by atoms with Gasteiger partial charge in [-0.1, -0.05) is 0 Å². The Bertz CT molecular complexity index is 215. The van der Waals surface area contributed by atoms with E-state index in [1.165, 1.54) is 14.0 Å². The summed E-state index contributed by atoms with van der Waals surface area (Å²) in [5.74, 6) is -0.910. The van der Waals surface area contributed by atoms with E-state index in [4.69, 9.17) is 5.73 Å². The smallest absolute Gasteiger partial charge is 0.308 e. The molecule has 6 heteroatoms. The molecule has 0 fully saturated rings. The first-order valence-electron chi connectivity index (χ1n) is 4.17. The lowest BCUT2D eigenvalue weighted by atomic mass is 10.0. The van der Waals surface area contributed by atoms with Gasteiger partial charge in [0.25, 0.3) is 0 Å². The molecule has 0 saturated carbocycles. The summed E-state index contributed by atoms with van der Waals surface area (Å²) in [6.45, 7) is 1.26. The number of aliphatic hydroxyl groups is 1. The Morgan fingerprint density at radius 1 is 1.57 bits per heavy atom. The van der Waals surface area contributed by atoms with E-state index >= 15 is 0 Å². The van der Waals surface area contributed by atoms with Gasteiger partial charge >= 0.3 is 5.97 Å². The topological polar surface area (TPSA) is 102 Å². The van der Waals surface area contributed by atoms with Crippen molar-refractivity contribution in [3.05, 3.63) is 0 Å². The van der Waals surface area contributed by atoms with E-state index in [9.17, 15) is 14.7 Å². The maximum Gasteiger partial charge on any atom is 0.308 e. The standard InChI is InChI=1S/C8H16N2O4/c1-8(13,3-7(12)14-2)5-10-6(11)4-9/h13H,3-5,9H2,1-2H3,(H,10,11). The minimum atomic E-state index is -1.31. The van der Waals surface area contributed by atoms with E-state index in [0.29, 0.717) is 0 Å². The summed E-state index contributed by atoms with van der Waals surface area (Å²) in [5, 5.41) is 12.0.